The zero-order valence-corrected chi connectivity index (χ0v) is 19.1. The second-order valence-corrected chi connectivity index (χ2v) is 8.18. The first-order valence-corrected chi connectivity index (χ1v) is 11.0. The third-order valence-electron chi connectivity index (χ3n) is 5.99. The number of hydrogen-bond donors (Lipinski definition) is 1. The summed E-state index contributed by atoms with van der Waals surface area (Å²) in [6.45, 7) is 0.210. The zero-order valence-electron chi connectivity index (χ0n) is 19.1. The molecule has 1 aliphatic heterocycles. The number of ketones is 1. The normalized spacial score (nSPS) is 17.8. The van der Waals surface area contributed by atoms with Gasteiger partial charge in [-0.1, -0.05) is 18.2 Å². The number of carbonyl (C=O) groups excluding carboxylic acids is 3. The van der Waals surface area contributed by atoms with Crippen molar-refractivity contribution in [2.75, 3.05) is 25.2 Å². The van der Waals surface area contributed by atoms with Crippen molar-refractivity contribution in [3.63, 3.8) is 0 Å². The van der Waals surface area contributed by atoms with E-state index in [9.17, 15) is 27.6 Å². The molecule has 0 spiro atoms. The summed E-state index contributed by atoms with van der Waals surface area (Å²) in [4.78, 5) is 41.9. The molecule has 8 nitrogen and oxygen atoms in total. The molecule has 11 heteroatoms. The van der Waals surface area contributed by atoms with Crippen LogP contribution in [0.25, 0.3) is 0 Å². The van der Waals surface area contributed by atoms with E-state index in [1.54, 1.807) is 12.1 Å². The van der Waals surface area contributed by atoms with Crippen molar-refractivity contribution >= 4 is 23.5 Å². The van der Waals surface area contributed by atoms with E-state index in [0.29, 0.717) is 11.1 Å². The van der Waals surface area contributed by atoms with E-state index in [1.807, 2.05) is 6.07 Å². The fraction of sp³-hybridized carbons (Fsp3) is 0.280. The van der Waals surface area contributed by atoms with E-state index in [2.05, 4.69) is 5.32 Å². The molecular weight excluding hydrogens is 477 g/mol. The highest BCUT2D eigenvalue weighted by atomic mass is 19.4. The first-order chi connectivity index (χ1) is 17.2. The van der Waals surface area contributed by atoms with Crippen LogP contribution in [0.2, 0.25) is 0 Å². The lowest BCUT2D eigenvalue weighted by Gasteiger charge is -2.41. The predicted octanol–water partition coefficient (Wildman–Crippen LogP) is 4.53. The molecule has 186 valence electrons. The predicted molar refractivity (Wildman–Crippen MR) is 122 cm³/mol. The van der Waals surface area contributed by atoms with Crippen molar-refractivity contribution < 1.29 is 32.3 Å². The van der Waals surface area contributed by atoms with Crippen LogP contribution in [0.1, 0.15) is 35.6 Å². The van der Waals surface area contributed by atoms with Gasteiger partial charge in [-0.15, -0.1) is 0 Å². The zero-order chi connectivity index (χ0) is 26.0. The summed E-state index contributed by atoms with van der Waals surface area (Å²) in [5.41, 5.74) is 0.0815. The van der Waals surface area contributed by atoms with Gasteiger partial charge in [-0.3, -0.25) is 9.69 Å². The Morgan fingerprint density at radius 1 is 1.17 bits per heavy atom. The van der Waals surface area contributed by atoms with Gasteiger partial charge < -0.3 is 10.1 Å². The summed E-state index contributed by atoms with van der Waals surface area (Å²) in [5, 5.41) is 11.7. The summed E-state index contributed by atoms with van der Waals surface area (Å²) < 4.78 is 45.2. The van der Waals surface area contributed by atoms with Crippen LogP contribution >= 0.6 is 0 Å². The molecule has 1 atom stereocenters. The highest BCUT2D eigenvalue weighted by molar-refractivity contribution is 6.12. The van der Waals surface area contributed by atoms with Gasteiger partial charge >= 0.3 is 18.2 Å². The Morgan fingerprint density at radius 3 is 2.53 bits per heavy atom. The summed E-state index contributed by atoms with van der Waals surface area (Å²) in [7, 11) is 1.43. The van der Waals surface area contributed by atoms with Crippen LogP contribution in [0.15, 0.2) is 59.8 Å². The third-order valence-corrected chi connectivity index (χ3v) is 5.99. The van der Waals surface area contributed by atoms with Crippen molar-refractivity contribution in [1.29, 1.82) is 5.26 Å². The van der Waals surface area contributed by atoms with E-state index < -0.39 is 29.8 Å². The van der Waals surface area contributed by atoms with Crippen molar-refractivity contribution in [3.8, 4) is 6.07 Å². The molecule has 0 bridgehead atoms. The lowest BCUT2D eigenvalue weighted by molar-refractivity contribution is -0.137. The first kappa shape index (κ1) is 24.9. The number of urea groups is 2. The Morgan fingerprint density at radius 2 is 1.89 bits per heavy atom. The van der Waals surface area contributed by atoms with E-state index in [4.69, 9.17) is 10.00 Å². The molecule has 4 amide bonds. The first-order valence-electron chi connectivity index (χ1n) is 11.0. The number of carbonyl (C=O) groups is 3. The minimum atomic E-state index is -4.65. The van der Waals surface area contributed by atoms with Crippen LogP contribution in [0.5, 0.6) is 0 Å². The van der Waals surface area contributed by atoms with Gasteiger partial charge in [-0.25, -0.2) is 14.5 Å². The molecule has 0 fully saturated rings. The van der Waals surface area contributed by atoms with E-state index >= 15 is 0 Å². The number of Topliss-reactive ketones (excluding diaryl/α,β-unsaturated/α-hetero) is 1. The summed E-state index contributed by atoms with van der Waals surface area (Å²) in [6, 6.07) is 9.40. The number of nitrogens with one attached hydrogen (secondary N) is 1. The molecule has 0 radical (unpaired) electrons. The van der Waals surface area contributed by atoms with Gasteiger partial charge in [-0.2, -0.15) is 18.4 Å². The molecular formula is C25H21F3N4O4. The number of hydrogen-bond acceptors (Lipinski definition) is 5. The number of nitriles is 1. The van der Waals surface area contributed by atoms with E-state index in [1.165, 1.54) is 25.3 Å². The summed E-state index contributed by atoms with van der Waals surface area (Å²) >= 11 is 0. The van der Waals surface area contributed by atoms with Gasteiger partial charge in [-0.05, 0) is 42.3 Å². The number of ether oxygens (including phenoxy) is 1. The fourth-order valence-electron chi connectivity index (χ4n) is 4.36. The number of rotatable bonds is 5. The largest absolute Gasteiger partial charge is 0.416 e. The molecule has 1 heterocycles. The van der Waals surface area contributed by atoms with Gasteiger partial charge in [0.1, 0.15) is 0 Å². The molecule has 1 aliphatic carbocycles. The molecule has 2 aromatic rings. The van der Waals surface area contributed by atoms with Crippen LogP contribution in [0.3, 0.4) is 0 Å². The number of anilines is 1. The Bertz CT molecular complexity index is 1280. The topological polar surface area (TPSA) is 103 Å². The highest BCUT2D eigenvalue weighted by Gasteiger charge is 2.48. The Kier molecular flexibility index (Phi) is 6.81. The minimum Gasteiger partial charge on any atom is -0.383 e. The monoisotopic (exact) mass is 498 g/mol. The van der Waals surface area contributed by atoms with Gasteiger partial charge in [0.15, 0.2) is 5.78 Å². The molecule has 0 saturated carbocycles. The Labute approximate surface area is 204 Å². The maximum atomic E-state index is 13.8. The number of amides is 4. The lowest BCUT2D eigenvalue weighted by Crippen LogP contribution is -2.55. The Hall–Kier alpha value is -4.17. The fourth-order valence-corrected chi connectivity index (χ4v) is 4.36. The molecule has 1 unspecified atom stereocenters. The molecule has 36 heavy (non-hydrogen) atoms. The summed E-state index contributed by atoms with van der Waals surface area (Å²) in [6.07, 6.45) is -4.48. The molecule has 0 aromatic heterocycles. The van der Waals surface area contributed by atoms with Crippen LogP contribution in [-0.2, 0) is 15.7 Å². The highest BCUT2D eigenvalue weighted by Crippen LogP contribution is 2.45. The summed E-state index contributed by atoms with van der Waals surface area (Å²) in [5.74, 6) is -0.321. The number of imide groups is 1. The molecule has 4 rings (SSSR count). The van der Waals surface area contributed by atoms with Gasteiger partial charge in [0, 0.05) is 31.3 Å². The van der Waals surface area contributed by atoms with E-state index in [0.717, 1.165) is 28.0 Å². The minimum absolute atomic E-state index is 0.0410. The van der Waals surface area contributed by atoms with Gasteiger partial charge in [0.05, 0.1) is 35.5 Å². The van der Waals surface area contributed by atoms with Gasteiger partial charge in [0.2, 0.25) is 0 Å². The average Bonchev–Trinajstić information content (AvgIpc) is 3.23. The van der Waals surface area contributed by atoms with E-state index in [-0.39, 0.29) is 48.7 Å². The number of methoxy groups -OCH3 is 1. The quantitative estimate of drug-likeness (QED) is 0.610. The van der Waals surface area contributed by atoms with Crippen LogP contribution < -0.4 is 10.2 Å². The molecule has 2 aliphatic rings. The van der Waals surface area contributed by atoms with Gasteiger partial charge in [0.25, 0.3) is 0 Å². The second-order valence-electron chi connectivity index (χ2n) is 8.18. The molecule has 2 aromatic carbocycles. The second kappa shape index (κ2) is 9.83. The average molecular weight is 498 g/mol. The van der Waals surface area contributed by atoms with Crippen molar-refractivity contribution in [3.05, 3.63) is 76.5 Å². The standard InChI is InChI=1S/C25H21F3N4O4/c1-36-12-11-30-23(34)32-22(16-7-5-15(14-29)6-8-16)21-19(9-10-20(21)33)31(24(32)35)18-4-2-3-17(13-18)25(26,27)28/h2-8,13,22H,9-12H2,1H3,(H,30,34). The number of alkyl halides is 3. The van der Waals surface area contributed by atoms with Crippen molar-refractivity contribution in [2.24, 2.45) is 0 Å². The van der Waals surface area contributed by atoms with Crippen molar-refractivity contribution in [1.82, 2.24) is 10.2 Å². The van der Waals surface area contributed by atoms with Crippen LogP contribution in [0, 0.1) is 11.3 Å². The van der Waals surface area contributed by atoms with Crippen LogP contribution in [0.4, 0.5) is 28.4 Å². The maximum absolute atomic E-state index is 13.8. The number of allylic oxidation sites excluding steroid dienone is 1. The number of nitrogens with zero attached hydrogens (tertiary/aromatic N) is 3. The molecule has 1 N–H and O–H groups in total. The SMILES string of the molecule is COCCNC(=O)N1C(=O)N(c2cccc(C(F)(F)F)c2)C2=C(C(=O)CC2)C1c1ccc(C#N)cc1. The van der Waals surface area contributed by atoms with Crippen LogP contribution in [-0.4, -0.2) is 43.0 Å². The number of benzene rings is 2. The van der Waals surface area contributed by atoms with Crippen molar-refractivity contribution in [2.45, 2.75) is 25.1 Å². The smallest absolute Gasteiger partial charge is 0.383 e. The number of halogens is 3. The maximum Gasteiger partial charge on any atom is 0.416 e. The Balaban J connectivity index is 1.88. The lowest BCUT2D eigenvalue weighted by atomic mass is 9.92. The third kappa shape index (κ3) is 4.55. The molecule has 0 saturated heterocycles.